The third-order valence-electron chi connectivity index (χ3n) is 1.77. The molecular formula is C8H7F3O4S2. The van der Waals surface area contributed by atoms with E-state index in [9.17, 15) is 30.0 Å². The second-order valence-corrected chi connectivity index (χ2v) is 7.44. The zero-order chi connectivity index (χ0) is 13.3. The lowest BCUT2D eigenvalue weighted by atomic mass is 10.4. The molecule has 0 spiro atoms. The molecule has 1 rings (SSSR count). The molecule has 0 atom stereocenters. The first-order valence-corrected chi connectivity index (χ1v) is 7.43. The SMILES string of the molecule is O=S(=O)(CS(=O)(=O)C(F)(F)F)c1ccccc1. The van der Waals surface area contributed by atoms with Gasteiger partial charge in [-0.2, -0.15) is 13.2 Å². The highest BCUT2D eigenvalue weighted by molar-refractivity contribution is 8.08. The van der Waals surface area contributed by atoms with Gasteiger partial charge in [-0.3, -0.25) is 0 Å². The van der Waals surface area contributed by atoms with E-state index < -0.39 is 35.2 Å². The van der Waals surface area contributed by atoms with Crippen LogP contribution in [-0.4, -0.2) is 27.4 Å². The van der Waals surface area contributed by atoms with Crippen molar-refractivity contribution in [3.8, 4) is 0 Å². The molecule has 9 heteroatoms. The molecular weight excluding hydrogens is 281 g/mol. The smallest absolute Gasteiger partial charge is 0.223 e. The molecule has 4 nitrogen and oxygen atoms in total. The first-order chi connectivity index (χ1) is 7.56. The largest absolute Gasteiger partial charge is 0.498 e. The van der Waals surface area contributed by atoms with Crippen molar-refractivity contribution in [1.29, 1.82) is 0 Å². The van der Waals surface area contributed by atoms with Crippen LogP contribution in [0.3, 0.4) is 0 Å². The van der Waals surface area contributed by atoms with Gasteiger partial charge in [0.15, 0.2) is 14.9 Å². The Bertz CT molecular complexity index is 587. The van der Waals surface area contributed by atoms with Crippen LogP contribution in [0.1, 0.15) is 0 Å². The van der Waals surface area contributed by atoms with Gasteiger partial charge in [0.05, 0.1) is 4.90 Å². The van der Waals surface area contributed by atoms with E-state index in [1.54, 1.807) is 0 Å². The Kier molecular flexibility index (Phi) is 3.53. The fourth-order valence-electron chi connectivity index (χ4n) is 0.967. The van der Waals surface area contributed by atoms with Crippen molar-refractivity contribution in [3.63, 3.8) is 0 Å². The summed E-state index contributed by atoms with van der Waals surface area (Å²) < 4.78 is 80.4. The summed E-state index contributed by atoms with van der Waals surface area (Å²) in [6.07, 6.45) is 0. The summed E-state index contributed by atoms with van der Waals surface area (Å²) in [4.78, 5) is -0.465. The monoisotopic (exact) mass is 288 g/mol. The van der Waals surface area contributed by atoms with Crippen molar-refractivity contribution in [3.05, 3.63) is 30.3 Å². The quantitative estimate of drug-likeness (QED) is 0.842. The molecule has 0 unspecified atom stereocenters. The number of alkyl halides is 3. The van der Waals surface area contributed by atoms with Crippen LogP contribution < -0.4 is 0 Å². The molecule has 0 radical (unpaired) electrons. The van der Waals surface area contributed by atoms with Crippen molar-refractivity contribution < 1.29 is 30.0 Å². The van der Waals surface area contributed by atoms with Crippen molar-refractivity contribution in [2.75, 3.05) is 5.08 Å². The standard InChI is InChI=1S/C8H7F3O4S2/c9-8(10,11)17(14,15)6-16(12,13)7-4-2-1-3-5-7/h1-5H,6H2. The molecule has 0 amide bonds. The minimum atomic E-state index is -5.69. The fourth-order valence-corrected chi connectivity index (χ4v) is 4.25. The molecule has 96 valence electrons. The number of benzene rings is 1. The molecule has 0 aliphatic heterocycles. The van der Waals surface area contributed by atoms with Gasteiger partial charge in [-0.15, -0.1) is 0 Å². The van der Waals surface area contributed by atoms with E-state index >= 15 is 0 Å². The summed E-state index contributed by atoms with van der Waals surface area (Å²) in [5.41, 5.74) is -5.57. The van der Waals surface area contributed by atoms with Crippen LogP contribution in [0.25, 0.3) is 0 Å². The second kappa shape index (κ2) is 4.30. The molecule has 0 fully saturated rings. The van der Waals surface area contributed by atoms with Crippen molar-refractivity contribution >= 4 is 19.7 Å². The Balaban J connectivity index is 3.14. The van der Waals surface area contributed by atoms with Crippen LogP contribution in [0.15, 0.2) is 35.2 Å². The summed E-state index contributed by atoms with van der Waals surface area (Å²) in [5.74, 6) is 0. The minimum Gasteiger partial charge on any atom is -0.223 e. The van der Waals surface area contributed by atoms with E-state index in [4.69, 9.17) is 0 Å². The molecule has 0 heterocycles. The van der Waals surface area contributed by atoms with Gasteiger partial charge < -0.3 is 0 Å². The Hall–Kier alpha value is -1.09. The molecule has 0 saturated carbocycles. The van der Waals surface area contributed by atoms with E-state index in [0.717, 1.165) is 12.1 Å². The second-order valence-electron chi connectivity index (χ2n) is 3.11. The Morgan fingerprint density at radius 2 is 1.41 bits per heavy atom. The molecule has 0 saturated heterocycles. The van der Waals surface area contributed by atoms with Crippen LogP contribution in [0.5, 0.6) is 0 Å². The predicted molar refractivity (Wildman–Crippen MR) is 53.5 cm³/mol. The molecule has 0 aromatic heterocycles. The van der Waals surface area contributed by atoms with E-state index in [0.29, 0.717) is 0 Å². The van der Waals surface area contributed by atoms with Crippen LogP contribution in [0.2, 0.25) is 0 Å². The molecule has 0 N–H and O–H groups in total. The third kappa shape index (κ3) is 3.19. The first kappa shape index (κ1) is 14.0. The van der Waals surface area contributed by atoms with E-state index in [1.165, 1.54) is 18.2 Å². The highest BCUT2D eigenvalue weighted by Crippen LogP contribution is 2.26. The predicted octanol–water partition coefficient (Wildman–Crippen LogP) is 1.35. The van der Waals surface area contributed by atoms with Crippen molar-refractivity contribution in [1.82, 2.24) is 0 Å². The van der Waals surface area contributed by atoms with E-state index in [2.05, 4.69) is 0 Å². The van der Waals surface area contributed by atoms with Crippen LogP contribution in [-0.2, 0) is 19.7 Å². The maximum atomic E-state index is 12.0. The normalized spacial score (nSPS) is 13.6. The number of hydrogen-bond donors (Lipinski definition) is 0. The third-order valence-corrected chi connectivity index (χ3v) is 5.94. The summed E-state index contributed by atoms with van der Waals surface area (Å²) in [6.45, 7) is 0. The van der Waals surface area contributed by atoms with Gasteiger partial charge in [-0.25, -0.2) is 16.8 Å². The summed E-state index contributed by atoms with van der Waals surface area (Å²) in [5, 5.41) is -1.98. The lowest BCUT2D eigenvalue weighted by Crippen LogP contribution is -2.30. The average Bonchev–Trinajstić information content (AvgIpc) is 2.15. The van der Waals surface area contributed by atoms with Crippen LogP contribution in [0.4, 0.5) is 13.2 Å². The van der Waals surface area contributed by atoms with Gasteiger partial charge in [0.2, 0.25) is 0 Å². The zero-order valence-electron chi connectivity index (χ0n) is 8.18. The molecule has 0 aliphatic carbocycles. The average molecular weight is 288 g/mol. The van der Waals surface area contributed by atoms with Crippen molar-refractivity contribution in [2.24, 2.45) is 0 Å². The van der Waals surface area contributed by atoms with Gasteiger partial charge in [-0.1, -0.05) is 18.2 Å². The fraction of sp³-hybridized carbons (Fsp3) is 0.250. The Morgan fingerprint density at radius 1 is 0.941 bits per heavy atom. The molecule has 0 bridgehead atoms. The van der Waals surface area contributed by atoms with Gasteiger partial charge in [-0.05, 0) is 12.1 Å². The van der Waals surface area contributed by atoms with Crippen molar-refractivity contribution in [2.45, 2.75) is 10.4 Å². The zero-order valence-corrected chi connectivity index (χ0v) is 9.81. The van der Waals surface area contributed by atoms with Gasteiger partial charge in [0.1, 0.15) is 0 Å². The van der Waals surface area contributed by atoms with Gasteiger partial charge in [0.25, 0.3) is 9.84 Å². The Labute approximate surface area is 95.9 Å². The molecule has 17 heavy (non-hydrogen) atoms. The maximum Gasteiger partial charge on any atom is 0.498 e. The number of hydrogen-bond acceptors (Lipinski definition) is 4. The Morgan fingerprint density at radius 3 is 1.82 bits per heavy atom. The maximum absolute atomic E-state index is 12.0. The molecule has 1 aromatic rings. The number of halogens is 3. The van der Waals surface area contributed by atoms with E-state index in [-0.39, 0.29) is 0 Å². The van der Waals surface area contributed by atoms with E-state index in [1.807, 2.05) is 0 Å². The minimum absolute atomic E-state index is 0.465. The summed E-state index contributed by atoms with van der Waals surface area (Å²) >= 11 is 0. The molecule has 0 aliphatic rings. The lowest BCUT2D eigenvalue weighted by Gasteiger charge is -2.08. The summed E-state index contributed by atoms with van der Waals surface area (Å²) in [6, 6.07) is 6.08. The van der Waals surface area contributed by atoms with Crippen LogP contribution >= 0.6 is 0 Å². The number of sulfone groups is 2. The lowest BCUT2D eigenvalue weighted by molar-refractivity contribution is -0.0431. The van der Waals surface area contributed by atoms with Crippen LogP contribution in [0, 0.1) is 0 Å². The summed E-state index contributed by atoms with van der Waals surface area (Å²) in [7, 11) is -10.2. The van der Waals surface area contributed by atoms with Gasteiger partial charge in [0, 0.05) is 0 Å². The number of rotatable bonds is 3. The highest BCUT2D eigenvalue weighted by atomic mass is 32.3. The highest BCUT2D eigenvalue weighted by Gasteiger charge is 2.48. The van der Waals surface area contributed by atoms with Gasteiger partial charge >= 0.3 is 5.51 Å². The first-order valence-electron chi connectivity index (χ1n) is 4.13. The molecule has 1 aromatic carbocycles. The topological polar surface area (TPSA) is 68.3 Å².